The standard InChI is InChI=1S/C22H32N2O2/c23-21(24)18-11-9-17(10-12-18)6-4-5-13-22(14-15-26-20(25)16-22)19-7-2-1-3-8-19/h9-12,19H,1-8,13-16H2,(H3,23,24). The first-order valence-corrected chi connectivity index (χ1v) is 10.2. The van der Waals surface area contributed by atoms with Crippen LogP contribution in [0.4, 0.5) is 0 Å². The third kappa shape index (κ3) is 4.66. The Labute approximate surface area is 157 Å². The smallest absolute Gasteiger partial charge is 0.306 e. The van der Waals surface area contributed by atoms with Crippen LogP contribution in [0.25, 0.3) is 0 Å². The molecule has 3 N–H and O–H groups in total. The molecule has 0 amide bonds. The van der Waals surface area contributed by atoms with Crippen molar-refractivity contribution in [3.63, 3.8) is 0 Å². The topological polar surface area (TPSA) is 76.2 Å². The Kier molecular flexibility index (Phi) is 6.33. The molecule has 1 saturated carbocycles. The van der Waals surface area contributed by atoms with Crippen LogP contribution in [0.5, 0.6) is 0 Å². The van der Waals surface area contributed by atoms with Gasteiger partial charge >= 0.3 is 5.97 Å². The highest BCUT2D eigenvalue weighted by Crippen LogP contribution is 2.49. The number of hydrogen-bond acceptors (Lipinski definition) is 3. The van der Waals surface area contributed by atoms with Crippen molar-refractivity contribution < 1.29 is 9.53 Å². The van der Waals surface area contributed by atoms with Crippen LogP contribution in [0.1, 0.15) is 75.3 Å². The van der Waals surface area contributed by atoms with Crippen molar-refractivity contribution in [3.05, 3.63) is 35.4 Å². The molecule has 0 radical (unpaired) electrons. The molecule has 0 bridgehead atoms. The Morgan fingerprint density at radius 3 is 2.54 bits per heavy atom. The van der Waals surface area contributed by atoms with Gasteiger partial charge in [-0.1, -0.05) is 49.9 Å². The summed E-state index contributed by atoms with van der Waals surface area (Å²) >= 11 is 0. The highest BCUT2D eigenvalue weighted by molar-refractivity contribution is 5.94. The molecule has 1 aliphatic carbocycles. The van der Waals surface area contributed by atoms with Crippen LogP contribution < -0.4 is 5.73 Å². The number of carbonyl (C=O) groups is 1. The maximum atomic E-state index is 12.0. The molecule has 1 aliphatic heterocycles. The molecule has 1 heterocycles. The molecule has 0 spiro atoms. The number of cyclic esters (lactones) is 1. The number of nitrogens with one attached hydrogen (secondary N) is 1. The summed E-state index contributed by atoms with van der Waals surface area (Å²) in [5, 5.41) is 7.46. The largest absolute Gasteiger partial charge is 0.466 e. The fourth-order valence-corrected chi connectivity index (χ4v) is 4.93. The van der Waals surface area contributed by atoms with Gasteiger partial charge in [0.1, 0.15) is 5.84 Å². The van der Waals surface area contributed by atoms with Gasteiger partial charge in [-0.2, -0.15) is 0 Å². The number of benzene rings is 1. The van der Waals surface area contributed by atoms with Crippen molar-refractivity contribution in [2.45, 2.75) is 70.6 Å². The molecule has 2 fully saturated rings. The van der Waals surface area contributed by atoms with Crippen molar-refractivity contribution in [2.75, 3.05) is 6.61 Å². The third-order valence-corrected chi connectivity index (χ3v) is 6.49. The second-order valence-electron chi connectivity index (χ2n) is 8.16. The Bertz CT molecular complexity index is 620. The van der Waals surface area contributed by atoms with Gasteiger partial charge in [0.05, 0.1) is 13.0 Å². The van der Waals surface area contributed by atoms with Crippen LogP contribution >= 0.6 is 0 Å². The van der Waals surface area contributed by atoms with E-state index in [0.29, 0.717) is 18.9 Å². The van der Waals surface area contributed by atoms with E-state index in [2.05, 4.69) is 12.1 Å². The summed E-state index contributed by atoms with van der Waals surface area (Å²) < 4.78 is 5.26. The van der Waals surface area contributed by atoms with E-state index in [0.717, 1.165) is 37.7 Å². The molecule has 4 nitrogen and oxygen atoms in total. The van der Waals surface area contributed by atoms with Gasteiger partial charge in [0.15, 0.2) is 0 Å². The number of amidine groups is 1. The van der Waals surface area contributed by atoms with Crippen LogP contribution in [0.3, 0.4) is 0 Å². The Morgan fingerprint density at radius 1 is 1.15 bits per heavy atom. The van der Waals surface area contributed by atoms with Crippen molar-refractivity contribution >= 4 is 11.8 Å². The maximum Gasteiger partial charge on any atom is 0.306 e. The molecule has 2 aliphatic rings. The van der Waals surface area contributed by atoms with E-state index in [4.69, 9.17) is 15.9 Å². The number of nitrogen functional groups attached to an aromatic ring is 1. The van der Waals surface area contributed by atoms with Gasteiger partial charge in [-0.3, -0.25) is 10.2 Å². The van der Waals surface area contributed by atoms with Crippen molar-refractivity contribution in [1.82, 2.24) is 0 Å². The van der Waals surface area contributed by atoms with Gasteiger partial charge < -0.3 is 10.5 Å². The van der Waals surface area contributed by atoms with Crippen molar-refractivity contribution in [3.8, 4) is 0 Å². The van der Waals surface area contributed by atoms with Crippen molar-refractivity contribution in [2.24, 2.45) is 17.1 Å². The lowest BCUT2D eigenvalue weighted by molar-refractivity contribution is -0.157. The first kappa shape index (κ1) is 18.9. The second kappa shape index (κ2) is 8.70. The molecule has 142 valence electrons. The minimum absolute atomic E-state index is 0.0154. The van der Waals surface area contributed by atoms with Crippen LogP contribution in [-0.4, -0.2) is 18.4 Å². The van der Waals surface area contributed by atoms with E-state index in [-0.39, 0.29) is 17.2 Å². The SMILES string of the molecule is N=C(N)c1ccc(CCCCC2(C3CCCCC3)CCOC(=O)C2)cc1. The molecule has 0 aromatic heterocycles. The molecule has 1 aromatic rings. The summed E-state index contributed by atoms with van der Waals surface area (Å²) in [7, 11) is 0. The Balaban J connectivity index is 1.54. The lowest BCUT2D eigenvalue weighted by Gasteiger charge is -2.44. The van der Waals surface area contributed by atoms with Crippen LogP contribution in [0.2, 0.25) is 0 Å². The van der Waals surface area contributed by atoms with Gasteiger partial charge in [-0.15, -0.1) is 0 Å². The summed E-state index contributed by atoms with van der Waals surface area (Å²) in [6, 6.07) is 8.01. The summed E-state index contributed by atoms with van der Waals surface area (Å²) in [5.74, 6) is 0.843. The van der Waals surface area contributed by atoms with Crippen molar-refractivity contribution in [1.29, 1.82) is 5.41 Å². The lowest BCUT2D eigenvalue weighted by atomic mass is 9.62. The number of rotatable bonds is 7. The molecule has 1 atom stereocenters. The van der Waals surface area contributed by atoms with Gasteiger partial charge in [-0.05, 0) is 55.4 Å². The van der Waals surface area contributed by atoms with Gasteiger partial charge in [0, 0.05) is 5.56 Å². The molecule has 1 unspecified atom stereocenters. The van der Waals surface area contributed by atoms with E-state index in [9.17, 15) is 4.79 Å². The van der Waals surface area contributed by atoms with E-state index < -0.39 is 0 Å². The van der Waals surface area contributed by atoms with Crippen LogP contribution in [0, 0.1) is 16.7 Å². The monoisotopic (exact) mass is 356 g/mol. The lowest BCUT2D eigenvalue weighted by Crippen LogP contribution is -2.40. The summed E-state index contributed by atoms with van der Waals surface area (Å²) in [6.07, 6.45) is 12.8. The zero-order chi connectivity index (χ0) is 18.4. The number of carbonyl (C=O) groups excluding carboxylic acids is 1. The molecule has 1 aromatic carbocycles. The van der Waals surface area contributed by atoms with E-state index >= 15 is 0 Å². The zero-order valence-electron chi connectivity index (χ0n) is 15.8. The van der Waals surface area contributed by atoms with E-state index in [1.54, 1.807) is 0 Å². The summed E-state index contributed by atoms with van der Waals surface area (Å²) in [6.45, 7) is 0.613. The average molecular weight is 357 g/mol. The highest BCUT2D eigenvalue weighted by atomic mass is 16.5. The average Bonchev–Trinajstić information content (AvgIpc) is 2.66. The number of ether oxygens (including phenoxy) is 1. The molecule has 3 rings (SSSR count). The number of hydrogen-bond donors (Lipinski definition) is 2. The molecule has 1 saturated heterocycles. The Hall–Kier alpha value is -1.84. The fraction of sp³-hybridized carbons (Fsp3) is 0.636. The van der Waals surface area contributed by atoms with Crippen LogP contribution in [0.15, 0.2) is 24.3 Å². The molecular weight excluding hydrogens is 324 g/mol. The number of nitrogens with two attached hydrogens (primary N) is 1. The minimum atomic E-state index is 0.0154. The maximum absolute atomic E-state index is 12.0. The van der Waals surface area contributed by atoms with E-state index in [1.165, 1.54) is 37.7 Å². The van der Waals surface area contributed by atoms with Crippen LogP contribution in [-0.2, 0) is 16.0 Å². The van der Waals surface area contributed by atoms with Gasteiger partial charge in [0.25, 0.3) is 0 Å². The number of esters is 1. The fourth-order valence-electron chi connectivity index (χ4n) is 4.93. The van der Waals surface area contributed by atoms with Gasteiger partial charge in [-0.25, -0.2) is 0 Å². The molecule has 26 heavy (non-hydrogen) atoms. The predicted molar refractivity (Wildman–Crippen MR) is 104 cm³/mol. The molecular formula is C22H32N2O2. The second-order valence-corrected chi connectivity index (χ2v) is 8.16. The minimum Gasteiger partial charge on any atom is -0.466 e. The Morgan fingerprint density at radius 2 is 1.88 bits per heavy atom. The molecule has 4 heteroatoms. The third-order valence-electron chi connectivity index (χ3n) is 6.49. The van der Waals surface area contributed by atoms with E-state index in [1.807, 2.05) is 12.1 Å². The zero-order valence-corrected chi connectivity index (χ0v) is 15.8. The number of aryl methyl sites for hydroxylation is 1. The predicted octanol–water partition coefficient (Wildman–Crippen LogP) is 4.59. The number of unbranched alkanes of at least 4 members (excludes halogenated alkanes) is 1. The summed E-state index contributed by atoms with van der Waals surface area (Å²) in [5.41, 5.74) is 7.78. The first-order chi connectivity index (χ1) is 12.6. The highest BCUT2D eigenvalue weighted by Gasteiger charge is 2.43. The first-order valence-electron chi connectivity index (χ1n) is 10.2. The summed E-state index contributed by atoms with van der Waals surface area (Å²) in [4.78, 5) is 12.0. The van der Waals surface area contributed by atoms with Gasteiger partial charge in [0.2, 0.25) is 0 Å². The normalized spacial score (nSPS) is 24.2. The quantitative estimate of drug-likeness (QED) is 0.325.